The molecule has 0 aliphatic rings. The minimum Gasteiger partial charge on any atom is -0.496 e. The number of aryl methyl sites for hydroxylation is 1. The van der Waals surface area contributed by atoms with E-state index in [-0.39, 0.29) is 5.56 Å². The lowest BCUT2D eigenvalue weighted by molar-refractivity contribution is 0.0316. The summed E-state index contributed by atoms with van der Waals surface area (Å²) < 4.78 is 35.2. The first kappa shape index (κ1) is 20.4. The number of nitrogens with one attached hydrogen (secondary N) is 1. The third-order valence-electron chi connectivity index (χ3n) is 3.70. The minimum absolute atomic E-state index is 0.241. The Morgan fingerprint density at radius 3 is 2.26 bits per heavy atom. The summed E-state index contributed by atoms with van der Waals surface area (Å²) in [6, 6.07) is 11.0. The van der Waals surface area contributed by atoms with Gasteiger partial charge < -0.3 is 9.47 Å². The van der Waals surface area contributed by atoms with Gasteiger partial charge in [-0.2, -0.15) is 0 Å². The van der Waals surface area contributed by atoms with E-state index in [4.69, 9.17) is 9.47 Å². The van der Waals surface area contributed by atoms with Crippen molar-refractivity contribution in [1.82, 2.24) is 0 Å². The Labute approximate surface area is 158 Å². The fourth-order valence-corrected chi connectivity index (χ4v) is 2.97. The van der Waals surface area contributed by atoms with E-state index in [9.17, 15) is 18.0 Å². The molecule has 0 bridgehead atoms. The number of methoxy groups -OCH3 is 1. The molecule has 0 aromatic heterocycles. The summed E-state index contributed by atoms with van der Waals surface area (Å²) in [5.74, 6) is -0.700. The highest BCUT2D eigenvalue weighted by Gasteiger charge is 2.22. The molecule has 0 saturated heterocycles. The molecular weight excluding hydrogens is 370 g/mol. The molecule has 2 aromatic carbocycles. The van der Waals surface area contributed by atoms with E-state index in [2.05, 4.69) is 4.72 Å². The van der Waals surface area contributed by atoms with Crippen LogP contribution >= 0.6 is 0 Å². The number of benzene rings is 2. The van der Waals surface area contributed by atoms with Gasteiger partial charge in [0.2, 0.25) is 15.8 Å². The zero-order valence-corrected chi connectivity index (χ0v) is 16.3. The molecule has 2 aromatic rings. The molecule has 0 radical (unpaired) electrons. The summed E-state index contributed by atoms with van der Waals surface area (Å²) in [5, 5.41) is 0. The Hall–Kier alpha value is -2.87. The van der Waals surface area contributed by atoms with Crippen LogP contribution in [-0.4, -0.2) is 39.6 Å². The van der Waals surface area contributed by atoms with Gasteiger partial charge in [0.05, 0.1) is 13.4 Å². The van der Waals surface area contributed by atoms with Gasteiger partial charge in [0.1, 0.15) is 11.3 Å². The van der Waals surface area contributed by atoms with Gasteiger partial charge in [0.25, 0.3) is 0 Å². The van der Waals surface area contributed by atoms with Gasteiger partial charge >= 0.3 is 5.97 Å². The van der Waals surface area contributed by atoms with Gasteiger partial charge in [-0.3, -0.25) is 9.52 Å². The van der Waals surface area contributed by atoms with Gasteiger partial charge in [-0.15, -0.1) is 0 Å². The maximum atomic E-state index is 12.5. The monoisotopic (exact) mass is 391 g/mol. The number of hydrogen-bond donors (Lipinski definition) is 1. The van der Waals surface area contributed by atoms with Crippen LogP contribution < -0.4 is 9.46 Å². The molecule has 0 aliphatic heterocycles. The van der Waals surface area contributed by atoms with Crippen LogP contribution in [0.25, 0.3) is 0 Å². The van der Waals surface area contributed by atoms with Gasteiger partial charge in [-0.25, -0.2) is 13.2 Å². The van der Waals surface area contributed by atoms with Crippen molar-refractivity contribution < 1.29 is 27.5 Å². The van der Waals surface area contributed by atoms with E-state index in [1.807, 2.05) is 6.92 Å². The second kappa shape index (κ2) is 8.22. The molecule has 0 saturated carbocycles. The van der Waals surface area contributed by atoms with Crippen molar-refractivity contribution in [1.29, 1.82) is 0 Å². The molecule has 0 heterocycles. The Bertz CT molecular complexity index is 951. The number of carbonyl (C=O) groups excluding carboxylic acids is 2. The van der Waals surface area contributed by atoms with Crippen LogP contribution in [0.2, 0.25) is 0 Å². The molecule has 2 rings (SSSR count). The van der Waals surface area contributed by atoms with Crippen molar-refractivity contribution >= 4 is 27.5 Å². The SMILES string of the molecule is COc1ccc(C)cc1C(=O)O[C@@H](C)C(=O)c1ccc(NS(C)(=O)=O)cc1. The van der Waals surface area contributed by atoms with Crippen molar-refractivity contribution in [2.24, 2.45) is 0 Å². The summed E-state index contributed by atoms with van der Waals surface area (Å²) in [5.41, 5.74) is 1.73. The van der Waals surface area contributed by atoms with Gasteiger partial charge in [-0.05, 0) is 50.2 Å². The molecule has 1 atom stereocenters. The number of hydrogen-bond acceptors (Lipinski definition) is 6. The predicted molar refractivity (Wildman–Crippen MR) is 102 cm³/mol. The minimum atomic E-state index is -3.40. The summed E-state index contributed by atoms with van der Waals surface area (Å²) in [4.78, 5) is 24.9. The van der Waals surface area contributed by atoms with Crippen LogP contribution in [0.5, 0.6) is 5.75 Å². The lowest BCUT2D eigenvalue weighted by Crippen LogP contribution is -2.24. The standard InChI is InChI=1S/C19H21NO6S/c1-12-5-10-17(25-3)16(11-12)19(22)26-13(2)18(21)14-6-8-15(9-7-14)20-27(4,23)24/h5-11,13,20H,1-4H3/t13-/m0/s1. The molecule has 7 nitrogen and oxygen atoms in total. The van der Waals surface area contributed by atoms with Crippen molar-refractivity contribution in [3.05, 3.63) is 59.2 Å². The lowest BCUT2D eigenvalue weighted by atomic mass is 10.1. The molecule has 0 fully saturated rings. The number of esters is 1. The predicted octanol–water partition coefficient (Wildman–Crippen LogP) is 2.80. The van der Waals surface area contributed by atoms with E-state index in [0.717, 1.165) is 11.8 Å². The fourth-order valence-electron chi connectivity index (χ4n) is 2.41. The normalized spacial score (nSPS) is 12.1. The molecule has 8 heteroatoms. The average Bonchev–Trinajstić information content (AvgIpc) is 2.60. The van der Waals surface area contributed by atoms with E-state index in [1.165, 1.54) is 38.3 Å². The van der Waals surface area contributed by atoms with Crippen molar-refractivity contribution in [2.45, 2.75) is 20.0 Å². The van der Waals surface area contributed by atoms with Crippen molar-refractivity contribution in [3.8, 4) is 5.75 Å². The summed E-state index contributed by atoms with van der Waals surface area (Å²) in [6.45, 7) is 3.31. The largest absolute Gasteiger partial charge is 0.496 e. The zero-order chi connectivity index (χ0) is 20.2. The van der Waals surface area contributed by atoms with E-state index in [0.29, 0.717) is 17.0 Å². The second-order valence-electron chi connectivity index (χ2n) is 6.07. The molecule has 0 unspecified atom stereocenters. The molecule has 1 N–H and O–H groups in total. The number of sulfonamides is 1. The number of rotatable bonds is 7. The average molecular weight is 391 g/mol. The Morgan fingerprint density at radius 2 is 1.70 bits per heavy atom. The third-order valence-corrected chi connectivity index (χ3v) is 4.31. The van der Waals surface area contributed by atoms with Crippen LogP contribution in [0, 0.1) is 6.92 Å². The van der Waals surface area contributed by atoms with Crippen LogP contribution in [0.1, 0.15) is 33.2 Å². The number of ketones is 1. The third kappa shape index (κ3) is 5.55. The Balaban J connectivity index is 2.11. The van der Waals surface area contributed by atoms with E-state index in [1.54, 1.807) is 18.2 Å². The maximum Gasteiger partial charge on any atom is 0.342 e. The topological polar surface area (TPSA) is 98.8 Å². The lowest BCUT2D eigenvalue weighted by Gasteiger charge is -2.14. The number of anilines is 1. The van der Waals surface area contributed by atoms with E-state index < -0.39 is 27.9 Å². The van der Waals surface area contributed by atoms with Crippen LogP contribution in [-0.2, 0) is 14.8 Å². The van der Waals surface area contributed by atoms with Gasteiger partial charge in [-0.1, -0.05) is 11.6 Å². The van der Waals surface area contributed by atoms with Crippen molar-refractivity contribution in [2.75, 3.05) is 18.1 Å². The molecule has 144 valence electrons. The first-order valence-corrected chi connectivity index (χ1v) is 9.97. The molecule has 0 amide bonds. The first-order chi connectivity index (χ1) is 12.6. The maximum absolute atomic E-state index is 12.5. The molecule has 0 spiro atoms. The van der Waals surface area contributed by atoms with Crippen LogP contribution in [0.3, 0.4) is 0 Å². The van der Waals surface area contributed by atoms with Crippen molar-refractivity contribution in [3.63, 3.8) is 0 Å². The van der Waals surface area contributed by atoms with E-state index >= 15 is 0 Å². The fraction of sp³-hybridized carbons (Fsp3) is 0.263. The zero-order valence-electron chi connectivity index (χ0n) is 15.5. The first-order valence-electron chi connectivity index (χ1n) is 8.08. The molecular formula is C19H21NO6S. The number of ether oxygens (including phenoxy) is 2. The highest BCUT2D eigenvalue weighted by atomic mass is 32.2. The van der Waals surface area contributed by atoms with Gasteiger partial charge in [0.15, 0.2) is 6.10 Å². The molecule has 0 aliphatic carbocycles. The summed E-state index contributed by atoms with van der Waals surface area (Å²) in [7, 11) is -1.95. The van der Waals surface area contributed by atoms with Crippen LogP contribution in [0.4, 0.5) is 5.69 Å². The Morgan fingerprint density at radius 1 is 1.07 bits per heavy atom. The summed E-state index contributed by atoms with van der Waals surface area (Å²) >= 11 is 0. The van der Waals surface area contributed by atoms with Gasteiger partial charge in [0, 0.05) is 11.3 Å². The Kier molecular flexibility index (Phi) is 6.22. The molecule has 27 heavy (non-hydrogen) atoms. The second-order valence-corrected chi connectivity index (χ2v) is 7.82. The smallest absolute Gasteiger partial charge is 0.342 e. The summed E-state index contributed by atoms with van der Waals surface area (Å²) in [6.07, 6.45) is 0.0177. The number of Topliss-reactive ketones (excluding diaryl/α,β-unsaturated/α-hetero) is 1. The highest BCUT2D eigenvalue weighted by Crippen LogP contribution is 2.22. The quantitative estimate of drug-likeness (QED) is 0.576. The van der Waals surface area contributed by atoms with Crippen LogP contribution in [0.15, 0.2) is 42.5 Å². The number of carbonyl (C=O) groups is 2. The highest BCUT2D eigenvalue weighted by molar-refractivity contribution is 7.92.